The molecular weight excluding hydrogens is 258 g/mol. The summed E-state index contributed by atoms with van der Waals surface area (Å²) >= 11 is 0. The van der Waals surface area contributed by atoms with Crippen molar-refractivity contribution in [2.75, 3.05) is 6.54 Å². The topological polar surface area (TPSA) is 51.9 Å². The Kier molecular flexibility index (Phi) is 3.54. The minimum Gasteiger partial charge on any atom is -0.472 e. The van der Waals surface area contributed by atoms with Crippen molar-refractivity contribution in [3.8, 4) is 0 Å². The smallest absolute Gasteiger partial charge is 0.277 e. The standard InChI is InChI=1S/C15H15NO4/c1-11-9-16(14(17)12-5-3-2-4-6-12)20-15(19-11)13-7-8-18-10-13/h2-8,10-11,15H,9H2,1H3/t11-,15-/m0/s1. The molecule has 0 bridgehead atoms. The Hall–Kier alpha value is -2.11. The van der Waals surface area contributed by atoms with E-state index in [1.807, 2.05) is 25.1 Å². The van der Waals surface area contributed by atoms with Crippen LogP contribution in [0.3, 0.4) is 0 Å². The molecular formula is C15H15NO4. The van der Waals surface area contributed by atoms with Gasteiger partial charge >= 0.3 is 0 Å². The normalized spacial score (nSPS) is 22.8. The highest BCUT2D eigenvalue weighted by molar-refractivity contribution is 5.93. The highest BCUT2D eigenvalue weighted by Gasteiger charge is 2.31. The molecule has 0 radical (unpaired) electrons. The van der Waals surface area contributed by atoms with E-state index >= 15 is 0 Å². The Morgan fingerprint density at radius 2 is 2.05 bits per heavy atom. The van der Waals surface area contributed by atoms with Crippen molar-refractivity contribution in [3.05, 3.63) is 60.1 Å². The Balaban J connectivity index is 1.78. The lowest BCUT2D eigenvalue weighted by Crippen LogP contribution is -2.44. The number of nitrogens with zero attached hydrogens (tertiary/aromatic N) is 1. The SMILES string of the molecule is C[C@H]1CN(C(=O)c2ccccc2)O[C@@H](c2ccoc2)O1. The van der Waals surface area contributed by atoms with E-state index in [9.17, 15) is 4.79 Å². The summed E-state index contributed by atoms with van der Waals surface area (Å²) < 4.78 is 10.7. The van der Waals surface area contributed by atoms with Crippen molar-refractivity contribution in [2.45, 2.75) is 19.3 Å². The van der Waals surface area contributed by atoms with Crippen molar-refractivity contribution in [3.63, 3.8) is 0 Å². The van der Waals surface area contributed by atoms with Crippen LogP contribution in [-0.2, 0) is 9.57 Å². The lowest BCUT2D eigenvalue weighted by Gasteiger charge is -2.35. The Labute approximate surface area is 116 Å². The fraction of sp³-hybridized carbons (Fsp3) is 0.267. The largest absolute Gasteiger partial charge is 0.472 e. The zero-order chi connectivity index (χ0) is 13.9. The zero-order valence-electron chi connectivity index (χ0n) is 11.1. The van der Waals surface area contributed by atoms with Crippen molar-refractivity contribution in [2.24, 2.45) is 0 Å². The van der Waals surface area contributed by atoms with Gasteiger partial charge in [-0.1, -0.05) is 18.2 Å². The quantitative estimate of drug-likeness (QED) is 0.844. The summed E-state index contributed by atoms with van der Waals surface area (Å²) in [6.45, 7) is 2.29. The van der Waals surface area contributed by atoms with E-state index in [2.05, 4.69) is 0 Å². The summed E-state index contributed by atoms with van der Waals surface area (Å²) in [4.78, 5) is 18.0. The molecule has 1 amide bonds. The van der Waals surface area contributed by atoms with E-state index in [4.69, 9.17) is 14.0 Å². The average Bonchev–Trinajstić information content (AvgIpc) is 3.01. The van der Waals surface area contributed by atoms with Gasteiger partial charge in [0.05, 0.1) is 25.2 Å². The highest BCUT2D eigenvalue weighted by atomic mass is 16.8. The van der Waals surface area contributed by atoms with Crippen molar-refractivity contribution >= 4 is 5.91 Å². The number of rotatable bonds is 2. The second kappa shape index (κ2) is 5.48. The molecule has 1 aliphatic rings. The number of hydrogen-bond donors (Lipinski definition) is 0. The van der Waals surface area contributed by atoms with Gasteiger partial charge in [0.25, 0.3) is 5.91 Å². The summed E-state index contributed by atoms with van der Waals surface area (Å²) in [5, 5.41) is 1.35. The van der Waals surface area contributed by atoms with Crippen LogP contribution in [0.15, 0.2) is 53.3 Å². The monoisotopic (exact) mass is 273 g/mol. The maximum atomic E-state index is 12.4. The second-order valence-corrected chi connectivity index (χ2v) is 4.67. The number of furan rings is 1. The summed E-state index contributed by atoms with van der Waals surface area (Å²) in [6, 6.07) is 10.8. The maximum Gasteiger partial charge on any atom is 0.277 e. The summed E-state index contributed by atoms with van der Waals surface area (Å²) in [6.07, 6.45) is 2.36. The molecule has 104 valence electrons. The molecule has 0 unspecified atom stereocenters. The lowest BCUT2D eigenvalue weighted by atomic mass is 10.2. The second-order valence-electron chi connectivity index (χ2n) is 4.67. The predicted molar refractivity (Wildman–Crippen MR) is 70.6 cm³/mol. The van der Waals surface area contributed by atoms with Crippen LogP contribution >= 0.6 is 0 Å². The molecule has 3 rings (SSSR count). The molecule has 1 fully saturated rings. The van der Waals surface area contributed by atoms with Crippen LogP contribution in [0, 0.1) is 0 Å². The third kappa shape index (κ3) is 2.59. The zero-order valence-corrected chi connectivity index (χ0v) is 11.1. The molecule has 5 nitrogen and oxygen atoms in total. The van der Waals surface area contributed by atoms with E-state index in [1.54, 1.807) is 30.7 Å². The molecule has 1 aliphatic heterocycles. The minimum atomic E-state index is -0.620. The molecule has 0 N–H and O–H groups in total. The van der Waals surface area contributed by atoms with Gasteiger partial charge in [0.2, 0.25) is 6.29 Å². The summed E-state index contributed by atoms with van der Waals surface area (Å²) in [5.41, 5.74) is 1.34. The molecule has 1 aromatic heterocycles. The minimum absolute atomic E-state index is 0.115. The molecule has 20 heavy (non-hydrogen) atoms. The fourth-order valence-corrected chi connectivity index (χ4v) is 2.08. The molecule has 1 aromatic carbocycles. The van der Waals surface area contributed by atoms with Crippen LogP contribution in [0.25, 0.3) is 0 Å². The third-order valence-corrected chi connectivity index (χ3v) is 3.06. The van der Waals surface area contributed by atoms with Gasteiger partial charge in [-0.3, -0.25) is 4.79 Å². The van der Waals surface area contributed by atoms with E-state index in [0.29, 0.717) is 12.1 Å². The Bertz CT molecular complexity index is 567. The van der Waals surface area contributed by atoms with Gasteiger partial charge in [0.15, 0.2) is 0 Å². The Morgan fingerprint density at radius 3 is 2.75 bits per heavy atom. The molecule has 1 saturated heterocycles. The first-order chi connectivity index (χ1) is 9.74. The van der Waals surface area contributed by atoms with Gasteiger partial charge in [-0.25, -0.2) is 9.90 Å². The Morgan fingerprint density at radius 1 is 1.25 bits per heavy atom. The highest BCUT2D eigenvalue weighted by Crippen LogP contribution is 2.27. The van der Waals surface area contributed by atoms with E-state index in [1.165, 1.54) is 5.06 Å². The van der Waals surface area contributed by atoms with Crippen LogP contribution in [0.1, 0.15) is 29.1 Å². The van der Waals surface area contributed by atoms with Crippen LogP contribution in [0.5, 0.6) is 0 Å². The lowest BCUT2D eigenvalue weighted by molar-refractivity contribution is -0.320. The van der Waals surface area contributed by atoms with E-state index in [0.717, 1.165) is 5.56 Å². The van der Waals surface area contributed by atoms with E-state index in [-0.39, 0.29) is 12.0 Å². The molecule has 5 heteroatoms. The number of carbonyl (C=O) groups excluding carboxylic acids is 1. The number of hydrogen-bond acceptors (Lipinski definition) is 4. The van der Waals surface area contributed by atoms with Crippen LogP contribution in [-0.4, -0.2) is 23.6 Å². The van der Waals surface area contributed by atoms with Crippen LogP contribution in [0.2, 0.25) is 0 Å². The molecule has 2 atom stereocenters. The predicted octanol–water partition coefficient (Wildman–Crippen LogP) is 2.77. The van der Waals surface area contributed by atoms with Crippen molar-refractivity contribution in [1.29, 1.82) is 0 Å². The van der Waals surface area contributed by atoms with Crippen LogP contribution in [0.4, 0.5) is 0 Å². The summed E-state index contributed by atoms with van der Waals surface area (Å²) in [7, 11) is 0. The number of hydroxylamine groups is 2. The van der Waals surface area contributed by atoms with E-state index < -0.39 is 6.29 Å². The van der Waals surface area contributed by atoms with Gasteiger partial charge in [-0.2, -0.15) is 0 Å². The summed E-state index contributed by atoms with van der Waals surface area (Å²) in [5.74, 6) is -0.172. The molecule has 0 aliphatic carbocycles. The third-order valence-electron chi connectivity index (χ3n) is 3.06. The van der Waals surface area contributed by atoms with Crippen molar-refractivity contribution in [1.82, 2.24) is 5.06 Å². The first-order valence-electron chi connectivity index (χ1n) is 6.45. The maximum absolute atomic E-state index is 12.4. The number of benzene rings is 1. The molecule has 2 aromatic rings. The van der Waals surface area contributed by atoms with Gasteiger partial charge < -0.3 is 9.15 Å². The van der Waals surface area contributed by atoms with Gasteiger partial charge in [0.1, 0.15) is 0 Å². The number of ether oxygens (including phenoxy) is 1. The van der Waals surface area contributed by atoms with Crippen molar-refractivity contribution < 1.29 is 18.8 Å². The first kappa shape index (κ1) is 12.9. The van der Waals surface area contributed by atoms with Crippen LogP contribution < -0.4 is 0 Å². The fourth-order valence-electron chi connectivity index (χ4n) is 2.08. The molecule has 0 saturated carbocycles. The average molecular weight is 273 g/mol. The van der Waals surface area contributed by atoms with Gasteiger partial charge in [0, 0.05) is 11.1 Å². The molecule has 2 heterocycles. The van der Waals surface area contributed by atoms with Gasteiger partial charge in [-0.05, 0) is 25.1 Å². The number of amides is 1. The first-order valence-corrected chi connectivity index (χ1v) is 6.45. The van der Waals surface area contributed by atoms with Gasteiger partial charge in [-0.15, -0.1) is 0 Å². The molecule has 0 spiro atoms. The number of carbonyl (C=O) groups is 1.